The number of amides is 1. The molecule has 1 unspecified atom stereocenters. The minimum atomic E-state index is -4.91. The number of ether oxygens (including phenoxy) is 5. The Bertz CT molecular complexity index is 1810. The molecule has 0 aliphatic carbocycles. The van der Waals surface area contributed by atoms with Gasteiger partial charge in [0.2, 0.25) is 0 Å². The van der Waals surface area contributed by atoms with Gasteiger partial charge in [-0.25, -0.2) is 0 Å². The molecule has 1 N–H and O–H groups in total. The maximum absolute atomic E-state index is 14.7. The second-order valence-electron chi connectivity index (χ2n) is 15.7. The van der Waals surface area contributed by atoms with E-state index >= 15 is 0 Å². The molecule has 15 heteroatoms. The lowest BCUT2D eigenvalue weighted by Gasteiger charge is -2.36. The van der Waals surface area contributed by atoms with Crippen LogP contribution in [0.1, 0.15) is 71.6 Å². The van der Waals surface area contributed by atoms with E-state index in [1.54, 1.807) is 57.2 Å². The standard InChI is InChI=1S/C40H52ClF3N2O8Si/c1-38(2,3)54-35(47)11-10-18-50-31-23-28(22-30(24-31)49-7)45-36(37(48)46-17-16-26-12-14-29(25-33(26)46)53-40(42,43)44)32-15-13-27(41)21-34(32)51-19-20-52-55(8,9)39(4,5)6/h12-15,21-25,36,45H,10-11,16-20H2,1-9H3. The van der Waals surface area contributed by atoms with Crippen molar-refractivity contribution in [1.29, 1.82) is 0 Å². The average Bonchev–Trinajstić information content (AvgIpc) is 3.48. The summed E-state index contributed by atoms with van der Waals surface area (Å²) < 4.78 is 73.2. The molecule has 0 radical (unpaired) electrons. The third kappa shape index (κ3) is 12.7. The minimum Gasteiger partial charge on any atom is -0.497 e. The lowest BCUT2D eigenvalue weighted by atomic mass is 10.0. The summed E-state index contributed by atoms with van der Waals surface area (Å²) in [5, 5.41) is 3.68. The molecule has 1 amide bonds. The van der Waals surface area contributed by atoms with Gasteiger partial charge >= 0.3 is 12.3 Å². The van der Waals surface area contributed by atoms with Crippen molar-refractivity contribution in [1.82, 2.24) is 0 Å². The van der Waals surface area contributed by atoms with E-state index in [-0.39, 0.29) is 37.2 Å². The van der Waals surface area contributed by atoms with Crippen LogP contribution in [0, 0.1) is 0 Å². The molecule has 55 heavy (non-hydrogen) atoms. The molecule has 10 nitrogen and oxygen atoms in total. The number of methoxy groups -OCH3 is 1. The maximum Gasteiger partial charge on any atom is 0.573 e. The molecule has 0 spiro atoms. The van der Waals surface area contributed by atoms with Crippen molar-refractivity contribution in [2.75, 3.05) is 43.7 Å². The van der Waals surface area contributed by atoms with Crippen LogP contribution in [-0.2, 0) is 25.2 Å². The summed E-state index contributed by atoms with van der Waals surface area (Å²) in [6.07, 6.45) is -3.92. The number of alkyl halides is 3. The molecule has 0 fully saturated rings. The van der Waals surface area contributed by atoms with Crippen molar-refractivity contribution in [2.24, 2.45) is 0 Å². The second-order valence-corrected chi connectivity index (χ2v) is 21.0. The van der Waals surface area contributed by atoms with E-state index in [2.05, 4.69) is 43.9 Å². The summed E-state index contributed by atoms with van der Waals surface area (Å²) in [6, 6.07) is 12.8. The van der Waals surface area contributed by atoms with Gasteiger partial charge in [0.25, 0.3) is 5.91 Å². The quantitative estimate of drug-likeness (QED) is 0.0861. The minimum absolute atomic E-state index is 0.00984. The zero-order valence-electron chi connectivity index (χ0n) is 32.9. The number of fused-ring (bicyclic) bond motifs is 1. The highest BCUT2D eigenvalue weighted by atomic mass is 35.5. The van der Waals surface area contributed by atoms with E-state index in [0.29, 0.717) is 64.2 Å². The van der Waals surface area contributed by atoms with Crippen molar-refractivity contribution >= 4 is 43.2 Å². The fourth-order valence-corrected chi connectivity index (χ4v) is 6.76. The zero-order chi connectivity index (χ0) is 40.8. The Balaban J connectivity index is 1.66. The molecule has 3 aromatic rings. The first-order chi connectivity index (χ1) is 25.5. The van der Waals surface area contributed by atoms with E-state index in [1.165, 1.54) is 30.2 Å². The molecule has 0 bridgehead atoms. The average molecular weight is 809 g/mol. The Morgan fingerprint density at radius 2 is 1.60 bits per heavy atom. The van der Waals surface area contributed by atoms with Gasteiger partial charge in [0, 0.05) is 53.5 Å². The van der Waals surface area contributed by atoms with Crippen LogP contribution in [-0.4, -0.2) is 65.6 Å². The fraction of sp³-hybridized carbons (Fsp3) is 0.500. The third-order valence-electron chi connectivity index (χ3n) is 9.24. The molecule has 1 aliphatic heterocycles. The molecule has 1 aliphatic rings. The van der Waals surface area contributed by atoms with Gasteiger partial charge in [0.15, 0.2) is 8.32 Å². The van der Waals surface area contributed by atoms with Crippen molar-refractivity contribution in [3.8, 4) is 23.0 Å². The number of hydrogen-bond donors (Lipinski definition) is 1. The Labute approximate surface area is 327 Å². The Hall–Kier alpha value is -4.14. The van der Waals surface area contributed by atoms with Gasteiger partial charge in [-0.2, -0.15) is 0 Å². The Kier molecular flexibility index (Phi) is 14.1. The van der Waals surface area contributed by atoms with Gasteiger partial charge < -0.3 is 38.3 Å². The number of nitrogens with zero attached hydrogens (tertiary/aromatic N) is 1. The number of anilines is 2. The summed E-state index contributed by atoms with van der Waals surface area (Å²) in [5.74, 6) is -0.0720. The Morgan fingerprint density at radius 3 is 2.25 bits per heavy atom. The lowest BCUT2D eigenvalue weighted by molar-refractivity contribution is -0.274. The van der Waals surface area contributed by atoms with Crippen molar-refractivity contribution < 1.29 is 50.9 Å². The molecule has 0 aromatic heterocycles. The molecule has 1 atom stereocenters. The molecule has 0 saturated carbocycles. The van der Waals surface area contributed by atoms with Crippen LogP contribution >= 0.6 is 11.6 Å². The normalized spacial score (nSPS) is 13.9. The second kappa shape index (κ2) is 17.8. The Morgan fingerprint density at radius 1 is 0.891 bits per heavy atom. The van der Waals surface area contributed by atoms with E-state index in [1.807, 2.05) is 0 Å². The molecular weight excluding hydrogens is 757 g/mol. The van der Waals surface area contributed by atoms with Crippen LogP contribution in [0.25, 0.3) is 0 Å². The van der Waals surface area contributed by atoms with Gasteiger partial charge in [-0.1, -0.05) is 44.5 Å². The largest absolute Gasteiger partial charge is 0.573 e. The highest BCUT2D eigenvalue weighted by molar-refractivity contribution is 6.74. The van der Waals surface area contributed by atoms with Crippen LogP contribution < -0.4 is 29.2 Å². The van der Waals surface area contributed by atoms with Crippen LogP contribution in [0.5, 0.6) is 23.0 Å². The zero-order valence-corrected chi connectivity index (χ0v) is 34.7. The van der Waals surface area contributed by atoms with E-state index in [9.17, 15) is 22.8 Å². The fourth-order valence-electron chi connectivity index (χ4n) is 5.57. The summed E-state index contributed by atoms with van der Waals surface area (Å²) in [7, 11) is -0.585. The first kappa shape index (κ1) is 43.6. The SMILES string of the molecule is COc1cc(NC(C(=O)N2CCc3ccc(OC(F)(F)F)cc32)c2ccc(Cl)cc2OCCO[Si](C)(C)C(C)(C)C)cc(OCCCC(=O)OC(C)(C)C)c1. The van der Waals surface area contributed by atoms with Gasteiger partial charge in [-0.3, -0.25) is 9.59 Å². The number of nitrogens with one attached hydrogen (secondary N) is 1. The predicted molar refractivity (Wildman–Crippen MR) is 209 cm³/mol. The van der Waals surface area contributed by atoms with Crippen molar-refractivity contribution in [2.45, 2.75) is 96.9 Å². The van der Waals surface area contributed by atoms with E-state index in [0.717, 1.165) is 0 Å². The molecule has 4 rings (SSSR count). The van der Waals surface area contributed by atoms with Crippen molar-refractivity contribution in [3.05, 3.63) is 70.7 Å². The first-order valence-electron chi connectivity index (χ1n) is 18.1. The summed E-state index contributed by atoms with van der Waals surface area (Å²) in [5.41, 5.74) is 1.28. The highest BCUT2D eigenvalue weighted by Gasteiger charge is 2.38. The maximum atomic E-state index is 14.7. The van der Waals surface area contributed by atoms with Gasteiger partial charge in [-0.15, -0.1) is 13.2 Å². The summed E-state index contributed by atoms with van der Waals surface area (Å²) >= 11 is 6.45. The lowest BCUT2D eigenvalue weighted by Crippen LogP contribution is -2.41. The number of carbonyl (C=O) groups excluding carboxylic acids is 2. The van der Waals surface area contributed by atoms with Crippen LogP contribution in [0.15, 0.2) is 54.6 Å². The third-order valence-corrected chi connectivity index (χ3v) is 14.0. The molecule has 0 saturated heterocycles. The molecule has 302 valence electrons. The number of halogens is 4. The van der Waals surface area contributed by atoms with Crippen LogP contribution in [0.2, 0.25) is 23.2 Å². The smallest absolute Gasteiger partial charge is 0.497 e. The number of rotatable bonds is 16. The predicted octanol–water partition coefficient (Wildman–Crippen LogP) is 9.89. The van der Waals surface area contributed by atoms with Gasteiger partial charge in [-0.05, 0) is 75.5 Å². The topological polar surface area (TPSA) is 105 Å². The highest BCUT2D eigenvalue weighted by Crippen LogP contribution is 2.40. The number of benzene rings is 3. The molecular formula is C40H52ClF3N2O8Si. The monoisotopic (exact) mass is 808 g/mol. The van der Waals surface area contributed by atoms with Crippen LogP contribution in [0.4, 0.5) is 24.5 Å². The van der Waals surface area contributed by atoms with Crippen molar-refractivity contribution in [3.63, 3.8) is 0 Å². The van der Waals surface area contributed by atoms with Gasteiger partial charge in [0.05, 0.1) is 26.0 Å². The van der Waals surface area contributed by atoms with Gasteiger partial charge in [0.1, 0.15) is 41.2 Å². The van der Waals surface area contributed by atoms with Crippen LogP contribution in [0.3, 0.4) is 0 Å². The first-order valence-corrected chi connectivity index (χ1v) is 21.4. The number of carbonyl (C=O) groups is 2. The number of esters is 1. The molecule has 3 aromatic carbocycles. The van der Waals surface area contributed by atoms with E-state index in [4.69, 9.17) is 35.0 Å². The molecule has 1 heterocycles. The summed E-state index contributed by atoms with van der Waals surface area (Å²) in [4.78, 5) is 28.4. The summed E-state index contributed by atoms with van der Waals surface area (Å²) in [6.45, 7) is 17.0. The van der Waals surface area contributed by atoms with E-state index < -0.39 is 38.0 Å². The number of hydrogen-bond acceptors (Lipinski definition) is 9.